The number of halogens is 2. The molecular formula is C15H10BrFO3. The molecule has 0 atom stereocenters. The lowest BCUT2D eigenvalue weighted by atomic mass is 10.1. The van der Waals surface area contributed by atoms with E-state index in [0.29, 0.717) is 11.8 Å². The summed E-state index contributed by atoms with van der Waals surface area (Å²) in [6.07, 6.45) is 0.520. The zero-order valence-electron chi connectivity index (χ0n) is 10.3. The standard InChI is InChI=1S/C15H10BrFO3/c16-12-3-1-11(2-4-12)15(19)9-20-14-6-10(8-18)5-13(17)7-14/h1-8H,9H2. The molecule has 0 unspecified atom stereocenters. The van der Waals surface area contributed by atoms with Crippen molar-refractivity contribution < 1.29 is 18.7 Å². The van der Waals surface area contributed by atoms with E-state index in [2.05, 4.69) is 15.9 Å². The second-order valence-corrected chi connectivity index (χ2v) is 4.97. The van der Waals surface area contributed by atoms with Crippen molar-refractivity contribution in [2.45, 2.75) is 0 Å². The van der Waals surface area contributed by atoms with E-state index in [9.17, 15) is 14.0 Å². The smallest absolute Gasteiger partial charge is 0.200 e. The van der Waals surface area contributed by atoms with E-state index in [4.69, 9.17) is 4.74 Å². The Balaban J connectivity index is 2.05. The van der Waals surface area contributed by atoms with Gasteiger partial charge in [-0.3, -0.25) is 9.59 Å². The topological polar surface area (TPSA) is 43.4 Å². The Labute approximate surface area is 123 Å². The van der Waals surface area contributed by atoms with E-state index in [0.717, 1.165) is 16.6 Å². The maximum absolute atomic E-state index is 13.2. The van der Waals surface area contributed by atoms with Crippen molar-refractivity contribution in [3.05, 3.63) is 63.9 Å². The first-order valence-corrected chi connectivity index (χ1v) is 6.55. The SMILES string of the molecule is O=Cc1cc(F)cc(OCC(=O)c2ccc(Br)cc2)c1. The van der Waals surface area contributed by atoms with Gasteiger partial charge in [-0.15, -0.1) is 0 Å². The van der Waals surface area contributed by atoms with Crippen LogP contribution in [0.3, 0.4) is 0 Å². The minimum atomic E-state index is -0.583. The van der Waals surface area contributed by atoms with E-state index in [-0.39, 0.29) is 23.7 Å². The molecule has 0 fully saturated rings. The van der Waals surface area contributed by atoms with Crippen LogP contribution in [-0.2, 0) is 0 Å². The first-order valence-electron chi connectivity index (χ1n) is 5.76. The third kappa shape index (κ3) is 3.74. The van der Waals surface area contributed by atoms with E-state index >= 15 is 0 Å². The maximum atomic E-state index is 13.2. The fraction of sp³-hybridized carbons (Fsp3) is 0.0667. The zero-order chi connectivity index (χ0) is 14.5. The Morgan fingerprint density at radius 1 is 1.20 bits per heavy atom. The lowest BCUT2D eigenvalue weighted by Crippen LogP contribution is -2.11. The average molecular weight is 337 g/mol. The summed E-state index contributed by atoms with van der Waals surface area (Å²) >= 11 is 3.28. The number of rotatable bonds is 5. The van der Waals surface area contributed by atoms with E-state index < -0.39 is 5.82 Å². The fourth-order valence-corrected chi connectivity index (χ4v) is 1.87. The molecule has 0 heterocycles. The van der Waals surface area contributed by atoms with Gasteiger partial charge in [-0.1, -0.05) is 28.1 Å². The Hall–Kier alpha value is -2.01. The van der Waals surface area contributed by atoms with Gasteiger partial charge in [-0.2, -0.15) is 0 Å². The molecule has 2 aromatic carbocycles. The Bertz CT molecular complexity index is 638. The van der Waals surface area contributed by atoms with Crippen LogP contribution >= 0.6 is 15.9 Å². The van der Waals surface area contributed by atoms with Crippen molar-refractivity contribution in [3.63, 3.8) is 0 Å². The van der Waals surface area contributed by atoms with Crippen molar-refractivity contribution in [1.82, 2.24) is 0 Å². The molecule has 0 saturated heterocycles. The van der Waals surface area contributed by atoms with E-state index in [1.807, 2.05) is 0 Å². The second-order valence-electron chi connectivity index (χ2n) is 4.06. The van der Waals surface area contributed by atoms with E-state index in [1.54, 1.807) is 24.3 Å². The molecule has 0 bridgehead atoms. The Morgan fingerprint density at radius 2 is 1.90 bits per heavy atom. The van der Waals surface area contributed by atoms with Crippen LogP contribution in [-0.4, -0.2) is 18.7 Å². The number of benzene rings is 2. The molecular weight excluding hydrogens is 327 g/mol. The monoisotopic (exact) mass is 336 g/mol. The maximum Gasteiger partial charge on any atom is 0.200 e. The van der Waals surface area contributed by atoms with Crippen molar-refractivity contribution in [2.75, 3.05) is 6.61 Å². The molecule has 0 aliphatic carbocycles. The molecule has 0 spiro atoms. The van der Waals surface area contributed by atoms with Gasteiger partial charge < -0.3 is 4.74 Å². The number of aldehydes is 1. The molecule has 0 aliphatic rings. The third-order valence-electron chi connectivity index (χ3n) is 2.57. The summed E-state index contributed by atoms with van der Waals surface area (Å²) in [5, 5.41) is 0. The van der Waals surface area contributed by atoms with Gasteiger partial charge in [0.15, 0.2) is 12.4 Å². The summed E-state index contributed by atoms with van der Waals surface area (Å²) in [7, 11) is 0. The van der Waals surface area contributed by atoms with Crippen molar-refractivity contribution in [2.24, 2.45) is 0 Å². The van der Waals surface area contributed by atoms with Gasteiger partial charge in [0.05, 0.1) is 0 Å². The van der Waals surface area contributed by atoms with Gasteiger partial charge in [-0.25, -0.2) is 4.39 Å². The number of Topliss-reactive ketones (excluding diaryl/α,β-unsaturated/α-hetero) is 1. The van der Waals surface area contributed by atoms with Gasteiger partial charge in [0.1, 0.15) is 17.9 Å². The summed E-state index contributed by atoms with van der Waals surface area (Å²) in [4.78, 5) is 22.5. The lowest BCUT2D eigenvalue weighted by Gasteiger charge is -2.06. The molecule has 0 amide bonds. The van der Waals surface area contributed by atoms with Crippen LogP contribution in [0.1, 0.15) is 20.7 Å². The van der Waals surface area contributed by atoms with Gasteiger partial charge in [0, 0.05) is 21.7 Å². The highest BCUT2D eigenvalue weighted by atomic mass is 79.9. The quantitative estimate of drug-likeness (QED) is 0.618. The number of hydrogen-bond acceptors (Lipinski definition) is 3. The number of hydrogen-bond donors (Lipinski definition) is 0. The molecule has 0 N–H and O–H groups in total. The van der Waals surface area contributed by atoms with Crippen LogP contribution in [0.5, 0.6) is 5.75 Å². The molecule has 102 valence electrons. The minimum absolute atomic E-state index is 0.151. The predicted octanol–water partition coefficient (Wildman–Crippen LogP) is 3.66. The molecule has 0 radical (unpaired) electrons. The normalized spacial score (nSPS) is 10.1. The molecule has 3 nitrogen and oxygen atoms in total. The molecule has 5 heteroatoms. The van der Waals surface area contributed by atoms with E-state index in [1.165, 1.54) is 6.07 Å². The van der Waals surface area contributed by atoms with Crippen LogP contribution in [0.4, 0.5) is 4.39 Å². The summed E-state index contributed by atoms with van der Waals surface area (Å²) in [6, 6.07) is 10.4. The number of carbonyl (C=O) groups excluding carboxylic acids is 2. The molecule has 0 saturated carbocycles. The van der Waals surface area contributed by atoms with Crippen LogP contribution in [0.25, 0.3) is 0 Å². The summed E-state index contributed by atoms with van der Waals surface area (Å²) in [5.74, 6) is -0.660. The van der Waals surface area contributed by atoms with Crippen LogP contribution in [0.15, 0.2) is 46.9 Å². The number of carbonyl (C=O) groups is 2. The minimum Gasteiger partial charge on any atom is -0.485 e. The molecule has 2 rings (SSSR count). The molecule has 2 aromatic rings. The van der Waals surface area contributed by atoms with Crippen LogP contribution in [0, 0.1) is 5.82 Å². The Morgan fingerprint density at radius 3 is 2.55 bits per heavy atom. The number of ether oxygens (including phenoxy) is 1. The van der Waals surface area contributed by atoms with Crippen LogP contribution in [0.2, 0.25) is 0 Å². The third-order valence-corrected chi connectivity index (χ3v) is 3.09. The van der Waals surface area contributed by atoms with Crippen molar-refractivity contribution >= 4 is 28.0 Å². The summed E-state index contributed by atoms with van der Waals surface area (Å²) in [5.41, 5.74) is 0.663. The van der Waals surface area contributed by atoms with Crippen LogP contribution < -0.4 is 4.74 Å². The highest BCUT2D eigenvalue weighted by Crippen LogP contribution is 2.16. The highest BCUT2D eigenvalue weighted by Gasteiger charge is 2.08. The van der Waals surface area contributed by atoms with Gasteiger partial charge in [0.25, 0.3) is 0 Å². The average Bonchev–Trinajstić information content (AvgIpc) is 2.45. The second kappa shape index (κ2) is 6.43. The van der Waals surface area contributed by atoms with Crippen molar-refractivity contribution in [1.29, 1.82) is 0 Å². The first-order chi connectivity index (χ1) is 9.58. The fourth-order valence-electron chi connectivity index (χ4n) is 1.60. The first kappa shape index (κ1) is 14.4. The van der Waals surface area contributed by atoms with Crippen molar-refractivity contribution in [3.8, 4) is 5.75 Å². The summed E-state index contributed by atoms with van der Waals surface area (Å²) in [6.45, 7) is -0.219. The molecule has 20 heavy (non-hydrogen) atoms. The van der Waals surface area contributed by atoms with Gasteiger partial charge >= 0.3 is 0 Å². The zero-order valence-corrected chi connectivity index (χ0v) is 11.9. The predicted molar refractivity (Wildman–Crippen MR) is 75.8 cm³/mol. The Kier molecular flexibility index (Phi) is 4.63. The highest BCUT2D eigenvalue weighted by molar-refractivity contribution is 9.10. The number of ketones is 1. The van der Waals surface area contributed by atoms with Gasteiger partial charge in [0.2, 0.25) is 0 Å². The largest absolute Gasteiger partial charge is 0.485 e. The lowest BCUT2D eigenvalue weighted by molar-refractivity contribution is 0.0921. The van der Waals surface area contributed by atoms with Gasteiger partial charge in [-0.05, 0) is 24.3 Å². The molecule has 0 aliphatic heterocycles. The molecule has 0 aromatic heterocycles. The summed E-state index contributed by atoms with van der Waals surface area (Å²) < 4.78 is 19.3.